The Hall–Kier alpha value is -0.650. The topological polar surface area (TPSA) is 40.6 Å². The van der Waals surface area contributed by atoms with E-state index < -0.39 is 0 Å². The van der Waals surface area contributed by atoms with Gasteiger partial charge in [-0.3, -0.25) is 0 Å². The van der Waals surface area contributed by atoms with Crippen molar-refractivity contribution in [3.63, 3.8) is 0 Å². The maximum atomic E-state index is 5.34. The molecule has 1 aromatic rings. The highest BCUT2D eigenvalue weighted by molar-refractivity contribution is 9.10. The molecule has 0 aliphatic carbocycles. The summed E-state index contributed by atoms with van der Waals surface area (Å²) in [4.78, 5) is 4.06. The Balaban J connectivity index is 2.07. The summed E-state index contributed by atoms with van der Waals surface area (Å²) in [5, 5.41) is 0. The smallest absolute Gasteiger partial charge is 0.213 e. The predicted octanol–water partition coefficient (Wildman–Crippen LogP) is 1.89. The summed E-state index contributed by atoms with van der Waals surface area (Å²) in [6.45, 7) is 2.24. The predicted molar refractivity (Wildman–Crippen MR) is 60.1 cm³/mol. The van der Waals surface area contributed by atoms with Gasteiger partial charge in [-0.25, -0.2) is 4.98 Å². The number of pyridine rings is 1. The van der Waals surface area contributed by atoms with Gasteiger partial charge in [-0.05, 0) is 22.0 Å². The average molecular weight is 276 g/mol. The van der Waals surface area contributed by atoms with Crippen LogP contribution in [0.2, 0.25) is 0 Å². The zero-order valence-electron chi connectivity index (χ0n) is 8.61. The van der Waals surface area contributed by atoms with Gasteiger partial charge in [0, 0.05) is 23.8 Å². The summed E-state index contributed by atoms with van der Waals surface area (Å²) in [6.07, 6.45) is 1.70. The van der Waals surface area contributed by atoms with Crippen LogP contribution in [0.3, 0.4) is 0 Å². The van der Waals surface area contributed by atoms with Gasteiger partial charge in [0.2, 0.25) is 5.88 Å². The highest BCUT2D eigenvalue weighted by atomic mass is 79.9. The van der Waals surface area contributed by atoms with Crippen molar-refractivity contribution in [1.29, 1.82) is 0 Å². The molecule has 84 valence electrons. The van der Waals surface area contributed by atoms with Crippen LogP contribution >= 0.6 is 15.9 Å². The van der Waals surface area contributed by atoms with E-state index in [0.29, 0.717) is 32.3 Å². The quantitative estimate of drug-likeness (QED) is 0.713. The van der Waals surface area contributed by atoms with E-state index in [4.69, 9.17) is 14.2 Å². The molecule has 4 nitrogen and oxygen atoms in total. The molecule has 0 radical (unpaired) electrons. The number of aromatic nitrogens is 1. The van der Waals surface area contributed by atoms with Gasteiger partial charge in [-0.15, -0.1) is 0 Å². The first kappa shape index (κ1) is 12.4. The normalized spacial score (nSPS) is 10.3. The number of ether oxygens (including phenoxy) is 3. The van der Waals surface area contributed by atoms with Crippen LogP contribution in [0.15, 0.2) is 22.8 Å². The Morgan fingerprint density at radius 2 is 2.00 bits per heavy atom. The number of halogens is 1. The van der Waals surface area contributed by atoms with E-state index in [9.17, 15) is 0 Å². The molecular formula is C10H14BrNO3. The molecule has 0 bridgehead atoms. The summed E-state index contributed by atoms with van der Waals surface area (Å²) in [6, 6.07) is 3.69. The van der Waals surface area contributed by atoms with Crippen molar-refractivity contribution in [1.82, 2.24) is 4.98 Å². The monoisotopic (exact) mass is 275 g/mol. The van der Waals surface area contributed by atoms with Gasteiger partial charge in [0.1, 0.15) is 6.61 Å². The molecule has 0 saturated heterocycles. The van der Waals surface area contributed by atoms with Gasteiger partial charge in [-0.1, -0.05) is 0 Å². The molecule has 1 rings (SSSR count). The Morgan fingerprint density at radius 1 is 1.20 bits per heavy atom. The molecule has 0 aliphatic heterocycles. The van der Waals surface area contributed by atoms with Crippen LogP contribution in [0.25, 0.3) is 0 Å². The molecule has 0 saturated carbocycles. The minimum absolute atomic E-state index is 0.498. The summed E-state index contributed by atoms with van der Waals surface area (Å²) < 4.78 is 16.3. The number of hydrogen-bond donors (Lipinski definition) is 0. The summed E-state index contributed by atoms with van der Waals surface area (Å²) in [7, 11) is 1.64. The zero-order valence-corrected chi connectivity index (χ0v) is 10.2. The molecule has 0 aromatic carbocycles. The fraction of sp³-hybridized carbons (Fsp3) is 0.500. The largest absolute Gasteiger partial charge is 0.475 e. The lowest BCUT2D eigenvalue weighted by atomic mass is 10.5. The van der Waals surface area contributed by atoms with Gasteiger partial charge >= 0.3 is 0 Å². The first-order valence-corrected chi connectivity index (χ1v) is 5.43. The van der Waals surface area contributed by atoms with E-state index in [2.05, 4.69) is 20.9 Å². The fourth-order valence-electron chi connectivity index (χ4n) is 0.897. The van der Waals surface area contributed by atoms with Crippen molar-refractivity contribution in [3.05, 3.63) is 22.8 Å². The third-order valence-electron chi connectivity index (χ3n) is 1.61. The summed E-state index contributed by atoms with van der Waals surface area (Å²) >= 11 is 3.30. The van der Waals surface area contributed by atoms with Crippen molar-refractivity contribution in [2.75, 3.05) is 33.5 Å². The molecule has 0 unspecified atom stereocenters. The first-order valence-electron chi connectivity index (χ1n) is 4.64. The molecule has 0 aliphatic rings. The van der Waals surface area contributed by atoms with Gasteiger partial charge in [0.25, 0.3) is 0 Å². The Kier molecular flexibility index (Phi) is 6.31. The lowest BCUT2D eigenvalue weighted by Crippen LogP contribution is -2.10. The van der Waals surface area contributed by atoms with Crippen LogP contribution in [-0.2, 0) is 9.47 Å². The first-order chi connectivity index (χ1) is 7.33. The Labute approximate surface area is 97.7 Å². The van der Waals surface area contributed by atoms with E-state index in [-0.39, 0.29) is 0 Å². The highest BCUT2D eigenvalue weighted by Crippen LogP contribution is 2.11. The average Bonchev–Trinajstić information content (AvgIpc) is 2.26. The van der Waals surface area contributed by atoms with Crippen molar-refractivity contribution in [2.24, 2.45) is 0 Å². The molecular weight excluding hydrogens is 262 g/mol. The van der Waals surface area contributed by atoms with Crippen LogP contribution in [-0.4, -0.2) is 38.5 Å². The molecule has 5 heteroatoms. The second kappa shape index (κ2) is 7.62. The second-order valence-corrected chi connectivity index (χ2v) is 3.68. The number of rotatable bonds is 7. The van der Waals surface area contributed by atoms with Crippen LogP contribution < -0.4 is 4.74 Å². The van der Waals surface area contributed by atoms with E-state index >= 15 is 0 Å². The summed E-state index contributed by atoms with van der Waals surface area (Å²) in [5.41, 5.74) is 0. The van der Waals surface area contributed by atoms with Gasteiger partial charge in [0.05, 0.1) is 19.8 Å². The van der Waals surface area contributed by atoms with Crippen LogP contribution in [0, 0.1) is 0 Å². The van der Waals surface area contributed by atoms with Crippen LogP contribution in [0.5, 0.6) is 5.88 Å². The second-order valence-electron chi connectivity index (χ2n) is 2.77. The molecule has 0 fully saturated rings. The van der Waals surface area contributed by atoms with E-state index in [1.54, 1.807) is 19.4 Å². The standard InChI is InChI=1S/C10H14BrNO3/c1-13-4-5-14-6-7-15-10-3-2-9(11)8-12-10/h2-3,8H,4-7H2,1H3. The SMILES string of the molecule is COCCOCCOc1ccc(Br)cn1. The maximum Gasteiger partial charge on any atom is 0.213 e. The third kappa shape index (κ3) is 5.71. The van der Waals surface area contributed by atoms with E-state index in [1.807, 2.05) is 6.07 Å². The van der Waals surface area contributed by atoms with E-state index in [0.717, 1.165) is 4.47 Å². The van der Waals surface area contributed by atoms with Gasteiger partial charge < -0.3 is 14.2 Å². The fourth-order valence-corrected chi connectivity index (χ4v) is 1.13. The molecule has 1 aromatic heterocycles. The van der Waals surface area contributed by atoms with Crippen molar-refractivity contribution < 1.29 is 14.2 Å². The van der Waals surface area contributed by atoms with Crippen LogP contribution in [0.4, 0.5) is 0 Å². The lowest BCUT2D eigenvalue weighted by molar-refractivity contribution is 0.0537. The van der Waals surface area contributed by atoms with Gasteiger partial charge in [-0.2, -0.15) is 0 Å². The molecule has 0 atom stereocenters. The lowest BCUT2D eigenvalue weighted by Gasteiger charge is -2.05. The molecule has 1 heterocycles. The molecule has 0 amide bonds. The maximum absolute atomic E-state index is 5.34. The van der Waals surface area contributed by atoms with Crippen LogP contribution in [0.1, 0.15) is 0 Å². The van der Waals surface area contributed by atoms with Gasteiger partial charge in [0.15, 0.2) is 0 Å². The minimum Gasteiger partial charge on any atom is -0.475 e. The van der Waals surface area contributed by atoms with Crippen molar-refractivity contribution in [3.8, 4) is 5.88 Å². The zero-order chi connectivity index (χ0) is 10.9. The van der Waals surface area contributed by atoms with Crippen molar-refractivity contribution in [2.45, 2.75) is 0 Å². The highest BCUT2D eigenvalue weighted by Gasteiger charge is 1.94. The minimum atomic E-state index is 0.498. The number of nitrogens with zero attached hydrogens (tertiary/aromatic N) is 1. The molecule has 0 spiro atoms. The molecule has 0 N–H and O–H groups in total. The Morgan fingerprint density at radius 3 is 2.67 bits per heavy atom. The number of methoxy groups -OCH3 is 1. The Bertz CT molecular complexity index is 266. The third-order valence-corrected chi connectivity index (χ3v) is 2.08. The summed E-state index contributed by atoms with van der Waals surface area (Å²) in [5.74, 6) is 0.605. The van der Waals surface area contributed by atoms with Crippen molar-refractivity contribution >= 4 is 15.9 Å². The molecule has 15 heavy (non-hydrogen) atoms. The number of hydrogen-bond acceptors (Lipinski definition) is 4. The van der Waals surface area contributed by atoms with E-state index in [1.165, 1.54) is 0 Å².